The van der Waals surface area contributed by atoms with Gasteiger partial charge in [-0.05, 0) is 28.6 Å². The maximum absolute atomic E-state index is 9.11. The van der Waals surface area contributed by atoms with Crippen LogP contribution in [-0.2, 0) is 7.05 Å². The Morgan fingerprint density at radius 2 is 2.32 bits per heavy atom. The lowest BCUT2D eigenvalue weighted by atomic mass is 10.2. The highest BCUT2D eigenvalue weighted by Gasteiger charge is 2.16. The minimum absolute atomic E-state index is 0.153. The lowest BCUT2D eigenvalue weighted by Gasteiger charge is -2.17. The van der Waals surface area contributed by atoms with E-state index >= 15 is 0 Å². The molecule has 0 saturated carbocycles. The van der Waals surface area contributed by atoms with Crippen LogP contribution in [0.2, 0.25) is 0 Å². The Bertz CT molecular complexity index is 555. The molecule has 1 atom stereocenters. The Balaban J connectivity index is 2.33. The molecule has 2 N–H and O–H groups in total. The van der Waals surface area contributed by atoms with Gasteiger partial charge in [-0.1, -0.05) is 0 Å². The van der Waals surface area contributed by atoms with Crippen LogP contribution in [0.4, 0.5) is 5.82 Å². The van der Waals surface area contributed by atoms with Crippen LogP contribution in [0.5, 0.6) is 0 Å². The molecule has 0 aliphatic heterocycles. The van der Waals surface area contributed by atoms with E-state index in [2.05, 4.69) is 36.3 Å². The van der Waals surface area contributed by atoms with E-state index in [4.69, 9.17) is 5.11 Å². The Kier molecular flexibility index (Phi) is 5.00. The largest absolute Gasteiger partial charge is 0.396 e. The molecule has 0 radical (unpaired) electrons. The first-order chi connectivity index (χ1) is 9.17. The highest BCUT2D eigenvalue weighted by molar-refractivity contribution is 9.10. The van der Waals surface area contributed by atoms with E-state index < -0.39 is 0 Å². The van der Waals surface area contributed by atoms with Crippen LogP contribution in [0.3, 0.4) is 0 Å². The molecule has 0 aromatic carbocycles. The van der Waals surface area contributed by atoms with Crippen LogP contribution in [-0.4, -0.2) is 49.5 Å². The monoisotopic (exact) mass is 345 g/mol. The summed E-state index contributed by atoms with van der Waals surface area (Å²) in [5.41, 5.74) is 0.774. The van der Waals surface area contributed by atoms with Gasteiger partial charge in [0.25, 0.3) is 0 Å². The van der Waals surface area contributed by atoms with Gasteiger partial charge in [0.15, 0.2) is 5.65 Å². The zero-order chi connectivity index (χ0) is 13.8. The fraction of sp³-hybridized carbons (Fsp3) is 0.545. The molecule has 2 aromatic heterocycles. The van der Waals surface area contributed by atoms with Gasteiger partial charge in [-0.3, -0.25) is 0 Å². The molecule has 19 heavy (non-hydrogen) atoms. The Morgan fingerprint density at radius 1 is 1.53 bits per heavy atom. The van der Waals surface area contributed by atoms with Crippen molar-refractivity contribution in [1.82, 2.24) is 19.7 Å². The normalized spacial score (nSPS) is 12.8. The van der Waals surface area contributed by atoms with Gasteiger partial charge in [-0.2, -0.15) is 16.9 Å². The highest BCUT2D eigenvalue weighted by Crippen LogP contribution is 2.27. The fourth-order valence-electron chi connectivity index (χ4n) is 1.90. The van der Waals surface area contributed by atoms with Crippen LogP contribution in [0.1, 0.15) is 6.42 Å². The molecular weight excluding hydrogens is 330 g/mol. The molecule has 0 fully saturated rings. The molecule has 104 valence electrons. The number of fused-ring (bicyclic) bond motifs is 1. The number of nitrogens with zero attached hydrogens (tertiary/aromatic N) is 4. The van der Waals surface area contributed by atoms with Gasteiger partial charge in [0.2, 0.25) is 0 Å². The number of aliphatic hydroxyl groups is 1. The molecule has 0 saturated heterocycles. The quantitative estimate of drug-likeness (QED) is 0.828. The van der Waals surface area contributed by atoms with E-state index in [1.54, 1.807) is 16.4 Å². The first-order valence-electron chi connectivity index (χ1n) is 5.87. The van der Waals surface area contributed by atoms with Crippen LogP contribution in [0.15, 0.2) is 10.9 Å². The summed E-state index contributed by atoms with van der Waals surface area (Å²) < 4.78 is 2.43. The minimum Gasteiger partial charge on any atom is -0.396 e. The molecular formula is C11H16BrN5OS. The van der Waals surface area contributed by atoms with Crippen molar-refractivity contribution >= 4 is 44.5 Å². The summed E-state index contributed by atoms with van der Waals surface area (Å²) in [4.78, 5) is 8.52. The number of aliphatic hydroxyl groups excluding tert-OH is 1. The van der Waals surface area contributed by atoms with E-state index in [-0.39, 0.29) is 12.6 Å². The second kappa shape index (κ2) is 6.53. The van der Waals surface area contributed by atoms with Gasteiger partial charge in [-0.25, -0.2) is 14.6 Å². The SMILES string of the molecule is CSC[C@@H](CCO)Nc1ncnc2c1c(Br)nn2C. The van der Waals surface area contributed by atoms with Gasteiger partial charge in [-0.15, -0.1) is 0 Å². The van der Waals surface area contributed by atoms with Crippen molar-refractivity contribution in [3.05, 3.63) is 10.9 Å². The predicted octanol–water partition coefficient (Wildman–Crippen LogP) is 1.65. The fourth-order valence-corrected chi connectivity index (χ4v) is 3.15. The number of hydrogen-bond donors (Lipinski definition) is 2. The number of nitrogens with one attached hydrogen (secondary N) is 1. The standard InChI is InChI=1S/C11H16BrN5OS/c1-17-11-8(9(12)16-17)10(13-6-14-11)15-7(3-4-18)5-19-2/h6-7,18H,3-5H2,1-2H3,(H,13,14,15)/t7-/m1/s1. The number of aryl methyl sites for hydroxylation is 1. The zero-order valence-electron chi connectivity index (χ0n) is 10.8. The van der Waals surface area contributed by atoms with Crippen LogP contribution in [0.25, 0.3) is 11.0 Å². The van der Waals surface area contributed by atoms with E-state index in [0.29, 0.717) is 6.42 Å². The van der Waals surface area contributed by atoms with Crippen molar-refractivity contribution in [3.63, 3.8) is 0 Å². The Hall–Kier alpha value is -0.860. The summed E-state index contributed by atoms with van der Waals surface area (Å²) >= 11 is 5.16. The maximum Gasteiger partial charge on any atom is 0.164 e. The Morgan fingerprint density at radius 3 is 3.00 bits per heavy atom. The second-order valence-corrected chi connectivity index (χ2v) is 5.81. The van der Waals surface area contributed by atoms with E-state index in [0.717, 1.165) is 27.2 Å². The maximum atomic E-state index is 9.11. The van der Waals surface area contributed by atoms with E-state index in [1.807, 2.05) is 13.3 Å². The molecule has 0 amide bonds. The summed E-state index contributed by atoms with van der Waals surface area (Å²) in [7, 11) is 1.84. The van der Waals surface area contributed by atoms with Crippen molar-refractivity contribution in [2.24, 2.45) is 7.05 Å². The van der Waals surface area contributed by atoms with Crippen molar-refractivity contribution in [2.45, 2.75) is 12.5 Å². The molecule has 2 aromatic rings. The molecule has 0 aliphatic carbocycles. The van der Waals surface area contributed by atoms with Crippen LogP contribution < -0.4 is 5.32 Å². The number of halogens is 1. The average Bonchev–Trinajstić information content (AvgIpc) is 2.67. The molecule has 0 bridgehead atoms. The van der Waals surface area contributed by atoms with Crippen LogP contribution in [0, 0.1) is 0 Å². The molecule has 0 unspecified atom stereocenters. The molecule has 8 heteroatoms. The minimum atomic E-state index is 0.153. The molecule has 0 aliphatic rings. The molecule has 0 spiro atoms. The van der Waals surface area contributed by atoms with Crippen molar-refractivity contribution in [3.8, 4) is 0 Å². The number of aromatic nitrogens is 4. The zero-order valence-corrected chi connectivity index (χ0v) is 13.2. The lowest BCUT2D eigenvalue weighted by molar-refractivity contribution is 0.282. The van der Waals surface area contributed by atoms with Crippen LogP contribution >= 0.6 is 27.7 Å². The van der Waals surface area contributed by atoms with Gasteiger partial charge in [0, 0.05) is 25.4 Å². The first-order valence-corrected chi connectivity index (χ1v) is 8.05. The smallest absolute Gasteiger partial charge is 0.164 e. The first kappa shape index (κ1) is 14.5. The topological polar surface area (TPSA) is 75.9 Å². The van der Waals surface area contributed by atoms with E-state index in [1.165, 1.54) is 6.33 Å². The summed E-state index contributed by atoms with van der Waals surface area (Å²) in [6, 6.07) is 0.171. The van der Waals surface area contributed by atoms with Gasteiger partial charge in [0.1, 0.15) is 16.7 Å². The van der Waals surface area contributed by atoms with Crippen molar-refractivity contribution in [1.29, 1.82) is 0 Å². The lowest BCUT2D eigenvalue weighted by Crippen LogP contribution is -2.24. The summed E-state index contributed by atoms with van der Waals surface area (Å²) in [6.45, 7) is 0.153. The predicted molar refractivity (Wildman–Crippen MR) is 81.5 cm³/mol. The third-order valence-corrected chi connectivity index (χ3v) is 4.05. The second-order valence-electron chi connectivity index (χ2n) is 4.14. The van der Waals surface area contributed by atoms with E-state index in [9.17, 15) is 0 Å². The third-order valence-electron chi connectivity index (χ3n) is 2.76. The van der Waals surface area contributed by atoms with Crippen molar-refractivity contribution < 1.29 is 5.11 Å². The number of anilines is 1. The molecule has 6 nitrogen and oxygen atoms in total. The average molecular weight is 346 g/mol. The number of thioether (sulfide) groups is 1. The summed E-state index contributed by atoms with van der Waals surface area (Å²) in [5, 5.41) is 17.6. The number of hydrogen-bond acceptors (Lipinski definition) is 6. The van der Waals surface area contributed by atoms with Crippen molar-refractivity contribution in [2.75, 3.05) is 23.9 Å². The summed E-state index contributed by atoms with van der Waals surface area (Å²) in [6.07, 6.45) is 4.25. The van der Waals surface area contributed by atoms with Gasteiger partial charge >= 0.3 is 0 Å². The van der Waals surface area contributed by atoms with Gasteiger partial charge in [0.05, 0.1) is 5.39 Å². The van der Waals surface area contributed by atoms with Gasteiger partial charge < -0.3 is 10.4 Å². The number of rotatable bonds is 6. The summed E-state index contributed by atoms with van der Waals surface area (Å²) in [5.74, 6) is 1.65. The molecule has 2 heterocycles. The Labute approximate surface area is 124 Å². The molecule has 2 rings (SSSR count). The highest BCUT2D eigenvalue weighted by atomic mass is 79.9. The third kappa shape index (κ3) is 3.18.